The molecule has 7 nitrogen and oxygen atoms in total. The van der Waals surface area contributed by atoms with Gasteiger partial charge in [-0.15, -0.1) is 12.3 Å². The number of rotatable bonds is 4. The number of pyridine rings is 3. The van der Waals surface area contributed by atoms with Crippen LogP contribution in [0.25, 0.3) is 11.4 Å². The number of carbonyl (C=O) groups excluding carboxylic acids is 1. The number of carbonyl (C=O) groups is 1. The van der Waals surface area contributed by atoms with Crippen molar-refractivity contribution in [3.05, 3.63) is 60.4 Å². The minimum absolute atomic E-state index is 0.0542. The average molecular weight is 416 g/mol. The van der Waals surface area contributed by atoms with Gasteiger partial charge in [-0.2, -0.15) is 0 Å². The van der Waals surface area contributed by atoms with Gasteiger partial charge >= 0.3 is 0 Å². The molecule has 1 aliphatic rings. The fourth-order valence-electron chi connectivity index (χ4n) is 3.59. The summed E-state index contributed by atoms with van der Waals surface area (Å²) in [5, 5.41) is 2.87. The molecule has 8 heteroatoms. The first kappa shape index (κ1) is 20.3. The number of anilines is 3. The van der Waals surface area contributed by atoms with Crippen LogP contribution in [0.15, 0.2) is 48.9 Å². The Labute approximate surface area is 179 Å². The van der Waals surface area contributed by atoms with Crippen LogP contribution in [0, 0.1) is 24.1 Å². The summed E-state index contributed by atoms with van der Waals surface area (Å²) in [6.45, 7) is 1.56. The molecule has 1 fully saturated rings. The SMILES string of the molecule is C#CC1CCCN(c2ccncc2NC(=O)c2nc(-c3ccc(F)cn3)ccc2N)C1. The molecule has 0 aromatic carbocycles. The Morgan fingerprint density at radius 2 is 2.06 bits per heavy atom. The van der Waals surface area contributed by atoms with E-state index in [9.17, 15) is 9.18 Å². The second-order valence-electron chi connectivity index (χ2n) is 7.29. The topological polar surface area (TPSA) is 97.0 Å². The minimum atomic E-state index is -0.471. The highest BCUT2D eigenvalue weighted by atomic mass is 19.1. The number of hydrogen-bond donors (Lipinski definition) is 2. The zero-order valence-electron chi connectivity index (χ0n) is 16.8. The number of nitrogens with zero attached hydrogens (tertiary/aromatic N) is 4. The number of hydrogen-bond acceptors (Lipinski definition) is 6. The van der Waals surface area contributed by atoms with Crippen LogP contribution in [0.4, 0.5) is 21.5 Å². The third-order valence-corrected chi connectivity index (χ3v) is 5.18. The predicted octanol–water partition coefficient (Wildman–Crippen LogP) is 3.36. The van der Waals surface area contributed by atoms with Gasteiger partial charge in [0.2, 0.25) is 0 Å². The molecule has 0 aliphatic carbocycles. The highest BCUT2D eigenvalue weighted by molar-refractivity contribution is 6.07. The van der Waals surface area contributed by atoms with Crippen LogP contribution in [-0.2, 0) is 0 Å². The number of halogens is 1. The number of nitrogens with one attached hydrogen (secondary N) is 1. The van der Waals surface area contributed by atoms with Gasteiger partial charge in [-0.05, 0) is 43.2 Å². The quantitative estimate of drug-likeness (QED) is 0.633. The summed E-state index contributed by atoms with van der Waals surface area (Å²) in [4.78, 5) is 27.7. The molecular formula is C23H21FN6O. The number of amides is 1. The fraction of sp³-hybridized carbons (Fsp3) is 0.217. The van der Waals surface area contributed by atoms with Crippen molar-refractivity contribution >= 4 is 23.0 Å². The summed E-state index contributed by atoms with van der Waals surface area (Å²) < 4.78 is 13.2. The highest BCUT2D eigenvalue weighted by Crippen LogP contribution is 2.30. The van der Waals surface area contributed by atoms with E-state index in [1.807, 2.05) is 6.07 Å². The van der Waals surface area contributed by atoms with E-state index in [0.29, 0.717) is 17.1 Å². The lowest BCUT2D eigenvalue weighted by molar-refractivity contribution is 0.102. The Bertz CT molecular complexity index is 1140. The van der Waals surface area contributed by atoms with Gasteiger partial charge in [-0.3, -0.25) is 14.8 Å². The summed E-state index contributed by atoms with van der Waals surface area (Å²) in [5.74, 6) is 2.07. The summed E-state index contributed by atoms with van der Waals surface area (Å²) in [6, 6.07) is 7.84. The fourth-order valence-corrected chi connectivity index (χ4v) is 3.59. The van der Waals surface area contributed by atoms with E-state index in [1.165, 1.54) is 12.1 Å². The van der Waals surface area contributed by atoms with Crippen molar-refractivity contribution in [2.45, 2.75) is 12.8 Å². The normalized spacial score (nSPS) is 15.9. The van der Waals surface area contributed by atoms with Gasteiger partial charge in [0.05, 0.1) is 40.8 Å². The van der Waals surface area contributed by atoms with Crippen LogP contribution in [-0.4, -0.2) is 33.9 Å². The maximum Gasteiger partial charge on any atom is 0.276 e. The number of piperidine rings is 1. The Balaban J connectivity index is 1.60. The van der Waals surface area contributed by atoms with Gasteiger partial charge in [0, 0.05) is 25.2 Å². The molecule has 3 aromatic rings. The third-order valence-electron chi connectivity index (χ3n) is 5.18. The second-order valence-corrected chi connectivity index (χ2v) is 7.29. The zero-order valence-corrected chi connectivity index (χ0v) is 16.8. The molecule has 0 saturated carbocycles. The first-order valence-corrected chi connectivity index (χ1v) is 9.90. The molecule has 1 aliphatic heterocycles. The molecule has 1 saturated heterocycles. The maximum absolute atomic E-state index is 13.2. The molecular weight excluding hydrogens is 395 g/mol. The van der Waals surface area contributed by atoms with Gasteiger partial charge in [-0.25, -0.2) is 9.37 Å². The zero-order chi connectivity index (χ0) is 21.8. The van der Waals surface area contributed by atoms with E-state index in [4.69, 9.17) is 12.2 Å². The van der Waals surface area contributed by atoms with Gasteiger partial charge < -0.3 is 16.0 Å². The van der Waals surface area contributed by atoms with E-state index >= 15 is 0 Å². The lowest BCUT2D eigenvalue weighted by Crippen LogP contribution is -2.35. The lowest BCUT2D eigenvalue weighted by Gasteiger charge is -2.33. The van der Waals surface area contributed by atoms with Crippen LogP contribution in [0.2, 0.25) is 0 Å². The predicted molar refractivity (Wildman–Crippen MR) is 118 cm³/mol. The van der Waals surface area contributed by atoms with Crippen molar-refractivity contribution in [2.75, 3.05) is 29.0 Å². The molecule has 156 valence electrons. The van der Waals surface area contributed by atoms with E-state index in [1.54, 1.807) is 24.5 Å². The lowest BCUT2D eigenvalue weighted by atomic mass is 9.98. The van der Waals surface area contributed by atoms with Crippen LogP contribution in [0.3, 0.4) is 0 Å². The minimum Gasteiger partial charge on any atom is -0.397 e. The smallest absolute Gasteiger partial charge is 0.276 e. The van der Waals surface area contributed by atoms with E-state index in [2.05, 4.69) is 31.1 Å². The Morgan fingerprint density at radius 3 is 2.84 bits per heavy atom. The number of nitrogen functional groups attached to an aromatic ring is 1. The largest absolute Gasteiger partial charge is 0.397 e. The first-order valence-electron chi connectivity index (χ1n) is 9.90. The van der Waals surface area contributed by atoms with Crippen molar-refractivity contribution in [1.29, 1.82) is 0 Å². The van der Waals surface area contributed by atoms with Gasteiger partial charge in [0.15, 0.2) is 5.69 Å². The van der Waals surface area contributed by atoms with E-state index in [-0.39, 0.29) is 17.3 Å². The van der Waals surface area contributed by atoms with Crippen molar-refractivity contribution in [3.63, 3.8) is 0 Å². The first-order chi connectivity index (χ1) is 15.0. The Kier molecular flexibility index (Phi) is 5.76. The molecule has 0 radical (unpaired) electrons. The van der Waals surface area contributed by atoms with Gasteiger partial charge in [0.1, 0.15) is 5.82 Å². The van der Waals surface area contributed by atoms with Crippen LogP contribution in [0.1, 0.15) is 23.3 Å². The monoisotopic (exact) mass is 416 g/mol. The maximum atomic E-state index is 13.2. The van der Waals surface area contributed by atoms with Crippen molar-refractivity contribution in [3.8, 4) is 23.7 Å². The Hall–Kier alpha value is -3.99. The summed E-state index contributed by atoms with van der Waals surface area (Å²) in [7, 11) is 0. The standard InChI is InChI=1S/C23H21FN6O/c1-2-15-4-3-11-30(14-15)21-9-10-26-13-20(21)29-23(31)22-17(25)6-8-19(28-22)18-7-5-16(24)12-27-18/h1,5-10,12-13,15H,3-4,11,14,25H2,(H,29,31). The van der Waals surface area contributed by atoms with E-state index < -0.39 is 11.7 Å². The molecule has 0 bridgehead atoms. The number of aromatic nitrogens is 3. The third kappa shape index (κ3) is 4.46. The molecule has 3 N–H and O–H groups in total. The summed E-state index contributed by atoms with van der Waals surface area (Å²) >= 11 is 0. The molecule has 1 unspecified atom stereocenters. The highest BCUT2D eigenvalue weighted by Gasteiger charge is 2.22. The number of nitrogens with two attached hydrogens (primary N) is 1. The average Bonchev–Trinajstić information content (AvgIpc) is 2.80. The molecule has 4 rings (SSSR count). The van der Waals surface area contributed by atoms with Crippen molar-refractivity contribution in [2.24, 2.45) is 5.92 Å². The molecule has 31 heavy (non-hydrogen) atoms. The molecule has 0 spiro atoms. The van der Waals surface area contributed by atoms with Crippen molar-refractivity contribution in [1.82, 2.24) is 15.0 Å². The second kappa shape index (κ2) is 8.79. The Morgan fingerprint density at radius 1 is 1.23 bits per heavy atom. The number of terminal acetylenes is 1. The van der Waals surface area contributed by atoms with Crippen LogP contribution in [0.5, 0.6) is 0 Å². The van der Waals surface area contributed by atoms with Crippen LogP contribution < -0.4 is 16.0 Å². The van der Waals surface area contributed by atoms with E-state index in [0.717, 1.165) is 37.8 Å². The van der Waals surface area contributed by atoms with Gasteiger partial charge in [0.25, 0.3) is 5.91 Å². The van der Waals surface area contributed by atoms with Crippen molar-refractivity contribution < 1.29 is 9.18 Å². The molecule has 1 amide bonds. The molecule has 4 heterocycles. The molecule has 3 aromatic heterocycles. The summed E-state index contributed by atoms with van der Waals surface area (Å²) in [6.07, 6.45) is 12.0. The van der Waals surface area contributed by atoms with Gasteiger partial charge in [-0.1, -0.05) is 0 Å². The molecule has 1 atom stereocenters. The summed E-state index contributed by atoms with van der Waals surface area (Å²) in [5.41, 5.74) is 8.54. The van der Waals surface area contributed by atoms with Crippen LogP contribution >= 0.6 is 0 Å².